The fourth-order valence-electron chi connectivity index (χ4n) is 2.44. The van der Waals surface area contributed by atoms with Crippen molar-refractivity contribution in [2.24, 2.45) is 0 Å². The Bertz CT molecular complexity index is 393. The zero-order chi connectivity index (χ0) is 14.4. The normalized spacial score (nSPS) is 25.2. The third kappa shape index (κ3) is 3.95. The predicted molar refractivity (Wildman–Crippen MR) is 79.3 cm³/mol. The number of hydrogen-bond donors (Lipinski definition) is 1. The van der Waals surface area contributed by atoms with Gasteiger partial charge in [0, 0.05) is 19.6 Å². The van der Waals surface area contributed by atoms with E-state index in [1.165, 1.54) is 5.56 Å². The van der Waals surface area contributed by atoms with Crippen molar-refractivity contribution in [1.29, 1.82) is 0 Å². The maximum Gasteiger partial charge on any atom is 0.128 e. The number of benzene rings is 1. The first-order valence-corrected chi connectivity index (χ1v) is 7.31. The van der Waals surface area contributed by atoms with Crippen LogP contribution < -0.4 is 10.1 Å². The summed E-state index contributed by atoms with van der Waals surface area (Å²) in [6.45, 7) is 6.36. The lowest BCUT2D eigenvalue weighted by Crippen LogP contribution is -2.61. The molecule has 1 aliphatic carbocycles. The summed E-state index contributed by atoms with van der Waals surface area (Å²) < 4.78 is 16.9. The molecule has 0 amide bonds. The summed E-state index contributed by atoms with van der Waals surface area (Å²) >= 11 is 0. The number of nitrogens with one attached hydrogen (secondary N) is 1. The van der Waals surface area contributed by atoms with Gasteiger partial charge in [-0.05, 0) is 25.6 Å². The van der Waals surface area contributed by atoms with Gasteiger partial charge in [0.2, 0.25) is 0 Å². The molecule has 0 bridgehead atoms. The molecule has 0 aromatic heterocycles. The summed E-state index contributed by atoms with van der Waals surface area (Å²) in [6.07, 6.45) is 1.21. The van der Waals surface area contributed by atoms with Crippen molar-refractivity contribution in [2.75, 3.05) is 26.9 Å². The predicted octanol–water partition coefficient (Wildman–Crippen LogP) is 2.16. The van der Waals surface area contributed by atoms with E-state index in [1.54, 1.807) is 7.11 Å². The van der Waals surface area contributed by atoms with Gasteiger partial charge in [-0.1, -0.05) is 24.6 Å². The number of hydrogen-bond acceptors (Lipinski definition) is 4. The molecule has 3 unspecified atom stereocenters. The van der Waals surface area contributed by atoms with Crippen LogP contribution in [0.2, 0.25) is 0 Å². The first-order chi connectivity index (χ1) is 9.74. The molecule has 1 aromatic rings. The minimum absolute atomic E-state index is 0.103. The van der Waals surface area contributed by atoms with Crippen molar-refractivity contribution in [3.8, 4) is 5.75 Å². The molecule has 3 atom stereocenters. The van der Waals surface area contributed by atoms with Crippen LogP contribution in [-0.2, 0) is 9.47 Å². The van der Waals surface area contributed by atoms with Crippen LogP contribution in [0.4, 0.5) is 0 Å². The lowest BCUT2D eigenvalue weighted by Gasteiger charge is -2.44. The molecular formula is C16H25NO3. The van der Waals surface area contributed by atoms with Crippen molar-refractivity contribution in [3.05, 3.63) is 29.8 Å². The third-order valence-electron chi connectivity index (χ3n) is 3.62. The summed E-state index contributed by atoms with van der Waals surface area (Å²) in [5, 5.41) is 3.44. The molecule has 0 spiro atoms. The van der Waals surface area contributed by atoms with Crippen LogP contribution in [0.25, 0.3) is 0 Å². The van der Waals surface area contributed by atoms with E-state index < -0.39 is 0 Å². The number of rotatable bonds is 8. The van der Waals surface area contributed by atoms with Gasteiger partial charge in [0.25, 0.3) is 0 Å². The van der Waals surface area contributed by atoms with E-state index in [0.717, 1.165) is 18.7 Å². The summed E-state index contributed by atoms with van der Waals surface area (Å²) in [6, 6.07) is 8.55. The van der Waals surface area contributed by atoms with Gasteiger partial charge in [0.1, 0.15) is 18.0 Å². The molecule has 20 heavy (non-hydrogen) atoms. The minimum atomic E-state index is 0.103. The molecule has 112 valence electrons. The average molecular weight is 279 g/mol. The highest BCUT2D eigenvalue weighted by atomic mass is 16.6. The van der Waals surface area contributed by atoms with E-state index in [1.807, 2.05) is 12.1 Å². The maximum atomic E-state index is 6.02. The second-order valence-corrected chi connectivity index (χ2v) is 5.20. The van der Waals surface area contributed by atoms with Gasteiger partial charge in [-0.25, -0.2) is 0 Å². The van der Waals surface area contributed by atoms with Crippen molar-refractivity contribution < 1.29 is 14.2 Å². The molecule has 4 nitrogen and oxygen atoms in total. The average Bonchev–Trinajstić information content (AvgIpc) is 2.44. The van der Waals surface area contributed by atoms with E-state index in [0.29, 0.717) is 19.3 Å². The molecule has 2 rings (SSSR count). The fraction of sp³-hybridized carbons (Fsp3) is 0.625. The van der Waals surface area contributed by atoms with Crippen molar-refractivity contribution >= 4 is 0 Å². The van der Waals surface area contributed by atoms with Gasteiger partial charge >= 0.3 is 0 Å². The Hall–Kier alpha value is -1.10. The van der Waals surface area contributed by atoms with Gasteiger partial charge in [-0.3, -0.25) is 0 Å². The van der Waals surface area contributed by atoms with Gasteiger partial charge in [-0.15, -0.1) is 0 Å². The second kappa shape index (κ2) is 7.62. The Morgan fingerprint density at radius 3 is 2.60 bits per heavy atom. The summed E-state index contributed by atoms with van der Waals surface area (Å²) in [5.74, 6) is 0.913. The molecule has 1 aliphatic rings. The first-order valence-electron chi connectivity index (χ1n) is 7.31. The number of methoxy groups -OCH3 is 1. The molecule has 1 saturated carbocycles. The van der Waals surface area contributed by atoms with Crippen LogP contribution in [0, 0.1) is 6.92 Å². The quantitative estimate of drug-likeness (QED) is 0.740. The number of aryl methyl sites for hydroxylation is 1. The number of likely N-dealkylation sites (N-methyl/N-ethyl adjacent to an activating group) is 1. The van der Waals surface area contributed by atoms with E-state index in [2.05, 4.69) is 31.3 Å². The van der Waals surface area contributed by atoms with E-state index in [4.69, 9.17) is 14.2 Å². The fourth-order valence-corrected chi connectivity index (χ4v) is 2.44. The first kappa shape index (κ1) is 15.3. The summed E-state index contributed by atoms with van der Waals surface area (Å²) in [7, 11) is 1.69. The van der Waals surface area contributed by atoms with Gasteiger partial charge in [-0.2, -0.15) is 0 Å². The molecule has 0 radical (unpaired) electrons. The SMILES string of the molecule is CCNC1CC(Oc2ccc(C)cc2)C1OCCOC. The third-order valence-corrected chi connectivity index (χ3v) is 3.62. The largest absolute Gasteiger partial charge is 0.488 e. The highest BCUT2D eigenvalue weighted by Gasteiger charge is 2.43. The summed E-state index contributed by atoms with van der Waals surface area (Å²) in [5.41, 5.74) is 1.24. The summed E-state index contributed by atoms with van der Waals surface area (Å²) in [4.78, 5) is 0. The molecule has 0 saturated heterocycles. The van der Waals surface area contributed by atoms with Crippen LogP contribution in [0.15, 0.2) is 24.3 Å². The lowest BCUT2D eigenvalue weighted by atomic mass is 9.85. The van der Waals surface area contributed by atoms with Crippen LogP contribution in [0.1, 0.15) is 18.9 Å². The van der Waals surface area contributed by atoms with Crippen LogP contribution in [0.3, 0.4) is 0 Å². The smallest absolute Gasteiger partial charge is 0.128 e. The maximum absolute atomic E-state index is 6.02. The molecule has 0 aliphatic heterocycles. The highest BCUT2D eigenvalue weighted by Crippen LogP contribution is 2.29. The zero-order valence-electron chi connectivity index (χ0n) is 12.6. The Morgan fingerprint density at radius 1 is 1.20 bits per heavy atom. The van der Waals surface area contributed by atoms with Gasteiger partial charge in [0.05, 0.1) is 13.2 Å². The standard InChI is InChI=1S/C16H25NO3/c1-4-17-14-11-15(16(14)19-10-9-18-3)20-13-7-5-12(2)6-8-13/h5-8,14-17H,4,9-11H2,1-3H3. The Morgan fingerprint density at radius 2 is 1.95 bits per heavy atom. The Labute approximate surface area is 121 Å². The van der Waals surface area contributed by atoms with E-state index >= 15 is 0 Å². The Kier molecular flexibility index (Phi) is 5.83. The molecule has 1 N–H and O–H groups in total. The zero-order valence-corrected chi connectivity index (χ0v) is 12.6. The molecule has 4 heteroatoms. The lowest BCUT2D eigenvalue weighted by molar-refractivity contribution is -0.115. The van der Waals surface area contributed by atoms with Crippen LogP contribution in [0.5, 0.6) is 5.75 Å². The van der Waals surface area contributed by atoms with Gasteiger partial charge < -0.3 is 19.5 Å². The van der Waals surface area contributed by atoms with Crippen molar-refractivity contribution in [2.45, 2.75) is 38.5 Å². The van der Waals surface area contributed by atoms with Crippen LogP contribution in [-0.4, -0.2) is 45.1 Å². The van der Waals surface area contributed by atoms with E-state index in [-0.39, 0.29) is 12.2 Å². The molecular weight excluding hydrogens is 254 g/mol. The molecule has 1 fully saturated rings. The number of ether oxygens (including phenoxy) is 3. The van der Waals surface area contributed by atoms with Crippen molar-refractivity contribution in [3.63, 3.8) is 0 Å². The molecule has 0 heterocycles. The monoisotopic (exact) mass is 279 g/mol. The van der Waals surface area contributed by atoms with Crippen molar-refractivity contribution in [1.82, 2.24) is 5.32 Å². The van der Waals surface area contributed by atoms with E-state index in [9.17, 15) is 0 Å². The van der Waals surface area contributed by atoms with Gasteiger partial charge in [0.15, 0.2) is 0 Å². The topological polar surface area (TPSA) is 39.7 Å². The second-order valence-electron chi connectivity index (χ2n) is 5.20. The Balaban J connectivity index is 1.87. The minimum Gasteiger partial charge on any atom is -0.488 e. The molecule has 1 aromatic carbocycles. The van der Waals surface area contributed by atoms with Crippen LogP contribution >= 0.6 is 0 Å². The highest BCUT2D eigenvalue weighted by molar-refractivity contribution is 5.27.